The lowest BCUT2D eigenvalue weighted by Crippen LogP contribution is -2.35. The van der Waals surface area contributed by atoms with Gasteiger partial charge in [-0.3, -0.25) is 9.69 Å². The summed E-state index contributed by atoms with van der Waals surface area (Å²) in [6, 6.07) is 12.5. The molecule has 2 aromatic carbocycles. The van der Waals surface area contributed by atoms with Gasteiger partial charge in [0.05, 0.1) is 20.8 Å². The second-order valence-electron chi connectivity index (χ2n) is 7.52. The van der Waals surface area contributed by atoms with Crippen molar-refractivity contribution in [3.8, 4) is 11.5 Å². The number of anilines is 1. The zero-order valence-electron chi connectivity index (χ0n) is 18.0. The van der Waals surface area contributed by atoms with Gasteiger partial charge in [-0.15, -0.1) is 0 Å². The molecular weight excluding hydrogens is 364 g/mol. The molecule has 1 saturated carbocycles. The summed E-state index contributed by atoms with van der Waals surface area (Å²) in [4.78, 5) is 15.2. The first-order valence-electron chi connectivity index (χ1n) is 10.4. The van der Waals surface area contributed by atoms with E-state index in [9.17, 15) is 4.79 Å². The van der Waals surface area contributed by atoms with Crippen molar-refractivity contribution in [3.63, 3.8) is 0 Å². The predicted octanol–water partition coefficient (Wildman–Crippen LogP) is 4.43. The lowest BCUT2D eigenvalue weighted by Gasteiger charge is -2.23. The van der Waals surface area contributed by atoms with Gasteiger partial charge in [0, 0.05) is 23.8 Å². The first-order chi connectivity index (χ1) is 14.1. The second-order valence-corrected chi connectivity index (χ2v) is 7.52. The molecule has 0 atom stereocenters. The number of benzene rings is 2. The smallest absolute Gasteiger partial charge is 0.238 e. The maximum absolute atomic E-state index is 13.0. The Balaban J connectivity index is 1.75. The summed E-state index contributed by atoms with van der Waals surface area (Å²) >= 11 is 0. The van der Waals surface area contributed by atoms with Crippen LogP contribution in [0.4, 0.5) is 5.69 Å². The summed E-state index contributed by atoms with van der Waals surface area (Å²) in [5, 5.41) is 3.19. The molecule has 5 nitrogen and oxygen atoms in total. The first-order valence-corrected chi connectivity index (χ1v) is 10.4. The number of carbonyl (C=O) groups excluding carboxylic acids is 1. The van der Waals surface area contributed by atoms with E-state index in [4.69, 9.17) is 9.47 Å². The fourth-order valence-electron chi connectivity index (χ4n) is 3.74. The highest BCUT2D eigenvalue weighted by molar-refractivity contribution is 5.94. The summed E-state index contributed by atoms with van der Waals surface area (Å²) in [6.07, 6.45) is 4.06. The predicted molar refractivity (Wildman–Crippen MR) is 117 cm³/mol. The van der Waals surface area contributed by atoms with Gasteiger partial charge in [0.2, 0.25) is 5.91 Å². The van der Waals surface area contributed by atoms with Crippen molar-refractivity contribution in [2.75, 3.05) is 26.1 Å². The molecule has 0 aliphatic heterocycles. The Hall–Kier alpha value is -2.53. The summed E-state index contributed by atoms with van der Waals surface area (Å²) < 4.78 is 10.9. The van der Waals surface area contributed by atoms with Gasteiger partial charge in [0.25, 0.3) is 0 Å². The molecule has 1 amide bonds. The third kappa shape index (κ3) is 5.30. The Morgan fingerprint density at radius 1 is 1.03 bits per heavy atom. The Morgan fingerprint density at radius 3 is 2.28 bits per heavy atom. The zero-order chi connectivity index (χ0) is 20.8. The number of nitrogens with zero attached hydrogens (tertiary/aromatic N) is 1. The van der Waals surface area contributed by atoms with E-state index in [0.717, 1.165) is 48.4 Å². The monoisotopic (exact) mass is 396 g/mol. The summed E-state index contributed by atoms with van der Waals surface area (Å²) in [5.74, 6) is 1.65. The maximum Gasteiger partial charge on any atom is 0.238 e. The molecular formula is C24H32N2O3. The van der Waals surface area contributed by atoms with Gasteiger partial charge < -0.3 is 14.8 Å². The normalized spacial score (nSPS) is 13.4. The van der Waals surface area contributed by atoms with Crippen LogP contribution in [0.3, 0.4) is 0 Å². The molecule has 0 bridgehead atoms. The van der Waals surface area contributed by atoms with Gasteiger partial charge in [-0.25, -0.2) is 0 Å². The molecule has 1 fully saturated rings. The molecule has 3 rings (SSSR count). The topological polar surface area (TPSA) is 50.8 Å². The highest BCUT2D eigenvalue weighted by atomic mass is 16.5. The number of para-hydroxylation sites is 1. The lowest BCUT2D eigenvalue weighted by molar-refractivity contribution is -0.117. The third-order valence-corrected chi connectivity index (χ3v) is 5.53. The number of methoxy groups -OCH3 is 2. The number of hydrogen-bond acceptors (Lipinski definition) is 4. The van der Waals surface area contributed by atoms with Gasteiger partial charge in [-0.2, -0.15) is 0 Å². The highest BCUT2D eigenvalue weighted by Gasteiger charge is 2.31. The molecule has 1 aliphatic rings. The van der Waals surface area contributed by atoms with Gasteiger partial charge in [0.1, 0.15) is 11.5 Å². The quantitative estimate of drug-likeness (QED) is 0.645. The highest BCUT2D eigenvalue weighted by Crippen LogP contribution is 2.32. The molecule has 2 aromatic rings. The van der Waals surface area contributed by atoms with Gasteiger partial charge in [-0.05, 0) is 55.0 Å². The van der Waals surface area contributed by atoms with E-state index in [1.807, 2.05) is 18.2 Å². The van der Waals surface area contributed by atoms with E-state index in [-0.39, 0.29) is 5.91 Å². The summed E-state index contributed by atoms with van der Waals surface area (Å²) in [5.41, 5.74) is 4.39. The number of nitrogens with one attached hydrogen (secondary N) is 1. The van der Waals surface area contributed by atoms with Crippen LogP contribution < -0.4 is 14.8 Å². The van der Waals surface area contributed by atoms with Crippen LogP contribution in [-0.4, -0.2) is 37.6 Å². The number of ether oxygens (including phenoxy) is 2. The molecule has 29 heavy (non-hydrogen) atoms. The minimum Gasteiger partial charge on any atom is -0.497 e. The van der Waals surface area contributed by atoms with Crippen molar-refractivity contribution in [1.29, 1.82) is 0 Å². The van der Waals surface area contributed by atoms with Crippen LogP contribution in [0.1, 0.15) is 43.4 Å². The van der Waals surface area contributed by atoms with Crippen LogP contribution in [0, 0.1) is 0 Å². The molecule has 1 aliphatic carbocycles. The molecule has 1 N–H and O–H groups in total. The largest absolute Gasteiger partial charge is 0.497 e. The van der Waals surface area contributed by atoms with E-state index in [1.54, 1.807) is 14.2 Å². The standard InChI is InChI=1S/C24H32N2O3/c1-5-17-8-7-9-18(6-2)24(17)25-23(27)16-26(20-10-11-20)15-19-14-21(28-3)12-13-22(19)29-4/h7-9,12-14,20H,5-6,10-11,15-16H2,1-4H3,(H,25,27). The Labute approximate surface area is 174 Å². The van der Waals surface area contributed by atoms with Crippen LogP contribution in [0.25, 0.3) is 0 Å². The van der Waals surface area contributed by atoms with Crippen LogP contribution in [-0.2, 0) is 24.2 Å². The van der Waals surface area contributed by atoms with E-state index in [0.29, 0.717) is 19.1 Å². The summed E-state index contributed by atoms with van der Waals surface area (Å²) in [7, 11) is 3.33. The number of carbonyl (C=O) groups is 1. The Bertz CT molecular complexity index is 824. The van der Waals surface area contributed by atoms with Crippen molar-refractivity contribution in [2.45, 2.75) is 52.1 Å². The molecule has 0 unspecified atom stereocenters. The van der Waals surface area contributed by atoms with Crippen LogP contribution in [0.5, 0.6) is 11.5 Å². The average Bonchev–Trinajstić information content (AvgIpc) is 3.58. The fraction of sp³-hybridized carbons (Fsp3) is 0.458. The Morgan fingerprint density at radius 2 is 1.72 bits per heavy atom. The van der Waals surface area contributed by atoms with Crippen molar-refractivity contribution >= 4 is 11.6 Å². The number of rotatable bonds is 10. The van der Waals surface area contributed by atoms with Gasteiger partial charge in [-0.1, -0.05) is 32.0 Å². The van der Waals surface area contributed by atoms with E-state index in [1.165, 1.54) is 11.1 Å². The van der Waals surface area contributed by atoms with Gasteiger partial charge in [0.15, 0.2) is 0 Å². The number of aryl methyl sites for hydroxylation is 2. The first kappa shape index (κ1) is 21.2. The molecule has 156 valence electrons. The number of hydrogen-bond donors (Lipinski definition) is 1. The van der Waals surface area contributed by atoms with E-state index < -0.39 is 0 Å². The molecule has 0 saturated heterocycles. The third-order valence-electron chi connectivity index (χ3n) is 5.53. The molecule has 0 heterocycles. The second kappa shape index (κ2) is 9.79. The van der Waals surface area contributed by atoms with Gasteiger partial charge >= 0.3 is 0 Å². The Kier molecular flexibility index (Phi) is 7.15. The molecule has 5 heteroatoms. The molecule has 0 radical (unpaired) electrons. The average molecular weight is 397 g/mol. The molecule has 0 spiro atoms. The van der Waals surface area contributed by atoms with Crippen molar-refractivity contribution in [3.05, 3.63) is 53.1 Å². The fourth-order valence-corrected chi connectivity index (χ4v) is 3.74. The van der Waals surface area contributed by atoms with Crippen molar-refractivity contribution in [2.24, 2.45) is 0 Å². The van der Waals surface area contributed by atoms with E-state index in [2.05, 4.69) is 42.3 Å². The molecule has 0 aromatic heterocycles. The number of amides is 1. The van der Waals surface area contributed by atoms with Crippen molar-refractivity contribution < 1.29 is 14.3 Å². The van der Waals surface area contributed by atoms with Crippen LogP contribution in [0.15, 0.2) is 36.4 Å². The maximum atomic E-state index is 13.0. The van der Waals surface area contributed by atoms with Crippen LogP contribution in [0.2, 0.25) is 0 Å². The minimum absolute atomic E-state index is 0.0364. The minimum atomic E-state index is 0.0364. The summed E-state index contributed by atoms with van der Waals surface area (Å²) in [6.45, 7) is 5.27. The lowest BCUT2D eigenvalue weighted by atomic mass is 10.0. The SMILES string of the molecule is CCc1cccc(CC)c1NC(=O)CN(Cc1cc(OC)ccc1OC)C1CC1. The zero-order valence-corrected chi connectivity index (χ0v) is 18.0. The van der Waals surface area contributed by atoms with E-state index >= 15 is 0 Å². The van der Waals surface area contributed by atoms with Crippen molar-refractivity contribution in [1.82, 2.24) is 4.90 Å². The van der Waals surface area contributed by atoms with Crippen LogP contribution >= 0.6 is 0 Å².